The molecule has 2 heteroatoms. The maximum Gasteiger partial charge on any atom is 0.302 e. The summed E-state index contributed by atoms with van der Waals surface area (Å²) in [7, 11) is 0. The SMILES string of the molecule is CCc1ccc(C=C(COC(C)=O)C(C)C)cc1. The Bertz CT molecular complexity index is 413. The number of ether oxygens (including phenoxy) is 1. The molecule has 1 aromatic carbocycles. The number of hydrogen-bond donors (Lipinski definition) is 0. The molecule has 0 bridgehead atoms. The van der Waals surface area contributed by atoms with E-state index in [2.05, 4.69) is 51.1 Å². The minimum absolute atomic E-state index is 0.233. The van der Waals surface area contributed by atoms with E-state index in [1.165, 1.54) is 12.5 Å². The summed E-state index contributed by atoms with van der Waals surface area (Å²) in [5.41, 5.74) is 3.62. The van der Waals surface area contributed by atoms with Gasteiger partial charge in [0.15, 0.2) is 0 Å². The first-order valence-electron chi connectivity index (χ1n) is 6.45. The number of rotatable bonds is 5. The molecular formula is C16H22O2. The quantitative estimate of drug-likeness (QED) is 0.738. The minimum Gasteiger partial charge on any atom is -0.461 e. The molecule has 1 aromatic rings. The second kappa shape index (κ2) is 7.00. The van der Waals surface area contributed by atoms with Crippen molar-refractivity contribution in [2.45, 2.75) is 34.1 Å². The van der Waals surface area contributed by atoms with Gasteiger partial charge in [0.2, 0.25) is 0 Å². The van der Waals surface area contributed by atoms with Gasteiger partial charge in [0.25, 0.3) is 0 Å². The number of carbonyl (C=O) groups is 1. The van der Waals surface area contributed by atoms with E-state index in [4.69, 9.17) is 4.74 Å². The molecule has 1 rings (SSSR count). The highest BCUT2D eigenvalue weighted by Gasteiger charge is 2.05. The fourth-order valence-corrected chi connectivity index (χ4v) is 1.62. The molecule has 0 unspecified atom stereocenters. The van der Waals surface area contributed by atoms with E-state index < -0.39 is 0 Å². The number of hydrogen-bond acceptors (Lipinski definition) is 2. The molecule has 2 nitrogen and oxygen atoms in total. The summed E-state index contributed by atoms with van der Waals surface area (Å²) in [4.78, 5) is 10.9. The van der Waals surface area contributed by atoms with Crippen molar-refractivity contribution in [2.24, 2.45) is 5.92 Å². The monoisotopic (exact) mass is 246 g/mol. The minimum atomic E-state index is -0.233. The van der Waals surface area contributed by atoms with E-state index >= 15 is 0 Å². The summed E-state index contributed by atoms with van der Waals surface area (Å²) in [6.45, 7) is 8.17. The van der Waals surface area contributed by atoms with Crippen molar-refractivity contribution in [3.63, 3.8) is 0 Å². The third-order valence-electron chi connectivity index (χ3n) is 2.92. The van der Waals surface area contributed by atoms with Gasteiger partial charge in [-0.15, -0.1) is 0 Å². The smallest absolute Gasteiger partial charge is 0.302 e. The Morgan fingerprint density at radius 3 is 2.33 bits per heavy atom. The van der Waals surface area contributed by atoms with E-state index in [1.807, 2.05) is 0 Å². The molecule has 0 aromatic heterocycles. The highest BCUT2D eigenvalue weighted by atomic mass is 16.5. The van der Waals surface area contributed by atoms with Crippen LogP contribution in [0.3, 0.4) is 0 Å². The molecule has 0 amide bonds. The second-order valence-electron chi connectivity index (χ2n) is 4.75. The predicted molar refractivity (Wildman–Crippen MR) is 75.3 cm³/mol. The first-order valence-corrected chi connectivity index (χ1v) is 6.45. The molecule has 0 fully saturated rings. The van der Waals surface area contributed by atoms with Crippen molar-refractivity contribution < 1.29 is 9.53 Å². The van der Waals surface area contributed by atoms with Gasteiger partial charge in [0.1, 0.15) is 6.61 Å². The van der Waals surface area contributed by atoms with Gasteiger partial charge < -0.3 is 4.74 Å². The molecular weight excluding hydrogens is 224 g/mol. The van der Waals surface area contributed by atoms with E-state index in [1.54, 1.807) is 0 Å². The number of carbonyl (C=O) groups excluding carboxylic acids is 1. The third-order valence-corrected chi connectivity index (χ3v) is 2.92. The van der Waals surface area contributed by atoms with Gasteiger partial charge in [-0.25, -0.2) is 0 Å². The standard InChI is InChI=1S/C16H22O2/c1-5-14-6-8-15(9-7-14)10-16(12(2)3)11-18-13(4)17/h6-10,12H,5,11H2,1-4H3. The molecule has 18 heavy (non-hydrogen) atoms. The molecule has 0 radical (unpaired) electrons. The Kier molecular flexibility index (Phi) is 5.63. The van der Waals surface area contributed by atoms with Crippen LogP contribution in [-0.2, 0) is 16.0 Å². The third kappa shape index (κ3) is 4.74. The average Bonchev–Trinajstić information content (AvgIpc) is 2.34. The first kappa shape index (κ1) is 14.5. The van der Waals surface area contributed by atoms with Crippen molar-refractivity contribution in [1.82, 2.24) is 0 Å². The molecule has 0 aliphatic carbocycles. The van der Waals surface area contributed by atoms with Crippen LogP contribution in [0, 0.1) is 5.92 Å². The van der Waals surface area contributed by atoms with Gasteiger partial charge >= 0.3 is 5.97 Å². The maximum atomic E-state index is 10.9. The van der Waals surface area contributed by atoms with Crippen LogP contribution in [-0.4, -0.2) is 12.6 Å². The Labute approximate surface area is 110 Å². The van der Waals surface area contributed by atoms with Crippen molar-refractivity contribution in [2.75, 3.05) is 6.61 Å². The van der Waals surface area contributed by atoms with E-state index in [-0.39, 0.29) is 5.97 Å². The largest absolute Gasteiger partial charge is 0.461 e. The maximum absolute atomic E-state index is 10.9. The number of aryl methyl sites for hydroxylation is 1. The van der Waals surface area contributed by atoms with Crippen LogP contribution >= 0.6 is 0 Å². The highest BCUT2D eigenvalue weighted by Crippen LogP contribution is 2.16. The fourth-order valence-electron chi connectivity index (χ4n) is 1.62. The fraction of sp³-hybridized carbons (Fsp3) is 0.438. The molecule has 0 atom stereocenters. The van der Waals surface area contributed by atoms with Gasteiger partial charge in [-0.05, 0) is 29.0 Å². The van der Waals surface area contributed by atoms with Crippen molar-refractivity contribution in [1.29, 1.82) is 0 Å². The molecule has 0 saturated carbocycles. The summed E-state index contributed by atoms with van der Waals surface area (Å²) in [6.07, 6.45) is 3.15. The lowest BCUT2D eigenvalue weighted by atomic mass is 10.0. The molecule has 0 aliphatic heterocycles. The summed E-state index contributed by atoms with van der Waals surface area (Å²) in [5.74, 6) is 0.137. The van der Waals surface area contributed by atoms with Crippen LogP contribution in [0.1, 0.15) is 38.8 Å². The number of esters is 1. The van der Waals surface area contributed by atoms with Crippen LogP contribution < -0.4 is 0 Å². The molecule has 0 spiro atoms. The number of benzene rings is 1. The van der Waals surface area contributed by atoms with Crippen molar-refractivity contribution in [3.05, 3.63) is 41.0 Å². The Morgan fingerprint density at radius 2 is 1.89 bits per heavy atom. The first-order chi connectivity index (χ1) is 8.52. The van der Waals surface area contributed by atoms with Gasteiger partial charge in [0, 0.05) is 6.92 Å². The van der Waals surface area contributed by atoms with Gasteiger partial charge in [-0.1, -0.05) is 51.1 Å². The normalized spacial score (nSPS) is 11.7. The molecule has 0 heterocycles. The van der Waals surface area contributed by atoms with Gasteiger partial charge in [0.05, 0.1) is 0 Å². The van der Waals surface area contributed by atoms with Gasteiger partial charge in [-0.3, -0.25) is 4.79 Å². The van der Waals surface area contributed by atoms with Crippen LogP contribution in [0.4, 0.5) is 0 Å². The molecule has 0 N–H and O–H groups in total. The topological polar surface area (TPSA) is 26.3 Å². The lowest BCUT2D eigenvalue weighted by Gasteiger charge is -2.11. The Morgan fingerprint density at radius 1 is 1.28 bits per heavy atom. The van der Waals surface area contributed by atoms with E-state index in [0.717, 1.165) is 17.6 Å². The van der Waals surface area contributed by atoms with E-state index in [0.29, 0.717) is 12.5 Å². The second-order valence-corrected chi connectivity index (χ2v) is 4.75. The average molecular weight is 246 g/mol. The van der Waals surface area contributed by atoms with Crippen LogP contribution in [0.5, 0.6) is 0 Å². The summed E-state index contributed by atoms with van der Waals surface area (Å²) in [5, 5.41) is 0. The van der Waals surface area contributed by atoms with Crippen LogP contribution in [0.15, 0.2) is 29.8 Å². The zero-order valence-electron chi connectivity index (χ0n) is 11.7. The highest BCUT2D eigenvalue weighted by molar-refractivity contribution is 5.66. The Balaban J connectivity index is 2.82. The van der Waals surface area contributed by atoms with Crippen molar-refractivity contribution >= 4 is 12.0 Å². The lowest BCUT2D eigenvalue weighted by Crippen LogP contribution is -2.07. The lowest BCUT2D eigenvalue weighted by molar-refractivity contribution is -0.140. The predicted octanol–water partition coefficient (Wildman–Crippen LogP) is 3.85. The summed E-state index contributed by atoms with van der Waals surface area (Å²) in [6, 6.07) is 8.48. The molecule has 98 valence electrons. The van der Waals surface area contributed by atoms with Crippen molar-refractivity contribution in [3.8, 4) is 0 Å². The van der Waals surface area contributed by atoms with E-state index in [9.17, 15) is 4.79 Å². The zero-order valence-corrected chi connectivity index (χ0v) is 11.7. The molecule has 0 saturated heterocycles. The van der Waals surface area contributed by atoms with Crippen LogP contribution in [0.2, 0.25) is 0 Å². The summed E-state index contributed by atoms with van der Waals surface area (Å²) < 4.78 is 5.08. The Hall–Kier alpha value is -1.57. The zero-order chi connectivity index (χ0) is 13.5. The van der Waals surface area contributed by atoms with Gasteiger partial charge in [-0.2, -0.15) is 0 Å². The molecule has 0 aliphatic rings. The van der Waals surface area contributed by atoms with Crippen LogP contribution in [0.25, 0.3) is 6.08 Å². The summed E-state index contributed by atoms with van der Waals surface area (Å²) >= 11 is 0.